The van der Waals surface area contributed by atoms with Crippen molar-refractivity contribution in [1.29, 1.82) is 0 Å². The molecule has 120 valence electrons. The molecule has 4 aliphatic rings. The standard InChI is InChI=1S/C18H32N2O/c1-16-7-14-8-17(2,11-16)13-18(9-14,12-16)10-15(21)20-6-4-3-5-19/h14H,3-13,19H2,1-2H3,(H,20,21). The third-order valence-corrected chi connectivity index (χ3v) is 6.23. The van der Waals surface area contributed by atoms with Gasteiger partial charge < -0.3 is 11.1 Å². The van der Waals surface area contributed by atoms with E-state index in [9.17, 15) is 4.79 Å². The smallest absolute Gasteiger partial charge is 0.220 e. The minimum absolute atomic E-state index is 0.279. The average molecular weight is 292 g/mol. The number of carbonyl (C=O) groups is 1. The van der Waals surface area contributed by atoms with Gasteiger partial charge in [-0.2, -0.15) is 0 Å². The fraction of sp³-hybridized carbons (Fsp3) is 0.944. The van der Waals surface area contributed by atoms with Gasteiger partial charge in [-0.3, -0.25) is 4.79 Å². The maximum absolute atomic E-state index is 12.4. The largest absolute Gasteiger partial charge is 0.356 e. The number of carbonyl (C=O) groups excluding carboxylic acids is 1. The summed E-state index contributed by atoms with van der Waals surface area (Å²) < 4.78 is 0. The molecule has 0 aromatic heterocycles. The molecule has 3 nitrogen and oxygen atoms in total. The third kappa shape index (κ3) is 3.13. The van der Waals surface area contributed by atoms with E-state index < -0.39 is 0 Å². The summed E-state index contributed by atoms with van der Waals surface area (Å²) in [4.78, 5) is 12.4. The zero-order valence-corrected chi connectivity index (χ0v) is 13.8. The van der Waals surface area contributed by atoms with Crippen molar-refractivity contribution >= 4 is 5.91 Å². The Balaban J connectivity index is 1.61. The molecule has 1 amide bonds. The average Bonchev–Trinajstić information content (AvgIpc) is 2.29. The Morgan fingerprint density at radius 1 is 1.10 bits per heavy atom. The van der Waals surface area contributed by atoms with Gasteiger partial charge in [-0.25, -0.2) is 0 Å². The van der Waals surface area contributed by atoms with Crippen LogP contribution in [-0.2, 0) is 4.79 Å². The molecule has 0 aromatic rings. The van der Waals surface area contributed by atoms with E-state index in [0.29, 0.717) is 16.2 Å². The first kappa shape index (κ1) is 15.3. The van der Waals surface area contributed by atoms with Crippen LogP contribution in [0.1, 0.15) is 71.6 Å². The fourth-order valence-corrected chi connectivity index (χ4v) is 6.78. The van der Waals surface area contributed by atoms with Gasteiger partial charge >= 0.3 is 0 Å². The van der Waals surface area contributed by atoms with Gasteiger partial charge in [-0.05, 0) is 80.1 Å². The van der Waals surface area contributed by atoms with Crippen LogP contribution < -0.4 is 11.1 Å². The number of rotatable bonds is 6. The first-order valence-electron chi connectivity index (χ1n) is 8.83. The summed E-state index contributed by atoms with van der Waals surface area (Å²) in [5, 5.41) is 3.12. The second-order valence-corrected chi connectivity index (χ2v) is 9.15. The monoisotopic (exact) mass is 292 g/mol. The van der Waals surface area contributed by atoms with Crippen LogP contribution in [0.2, 0.25) is 0 Å². The lowest BCUT2D eigenvalue weighted by Crippen LogP contribution is -2.56. The molecule has 0 saturated heterocycles. The van der Waals surface area contributed by atoms with Crippen LogP contribution in [0.4, 0.5) is 0 Å². The molecule has 2 unspecified atom stereocenters. The first-order chi connectivity index (χ1) is 9.86. The van der Waals surface area contributed by atoms with Crippen LogP contribution in [0, 0.1) is 22.2 Å². The highest BCUT2D eigenvalue weighted by Crippen LogP contribution is 2.70. The molecular weight excluding hydrogens is 260 g/mol. The van der Waals surface area contributed by atoms with Crippen molar-refractivity contribution in [3.8, 4) is 0 Å². The van der Waals surface area contributed by atoms with E-state index in [-0.39, 0.29) is 5.91 Å². The maximum Gasteiger partial charge on any atom is 0.220 e. The van der Waals surface area contributed by atoms with Gasteiger partial charge in [0.1, 0.15) is 0 Å². The van der Waals surface area contributed by atoms with E-state index in [1.165, 1.54) is 38.5 Å². The second-order valence-electron chi connectivity index (χ2n) is 9.15. The summed E-state index contributed by atoms with van der Waals surface area (Å²) in [5.41, 5.74) is 6.82. The van der Waals surface area contributed by atoms with Gasteiger partial charge in [-0.15, -0.1) is 0 Å². The SMILES string of the molecule is CC12CC3CC(C)(C1)CC(CC(=O)NCCCCN)(C3)C2. The fourth-order valence-electron chi connectivity index (χ4n) is 6.78. The minimum atomic E-state index is 0.279. The number of unbranched alkanes of at least 4 members (excludes halogenated alkanes) is 1. The Hall–Kier alpha value is -0.570. The second kappa shape index (κ2) is 5.26. The normalized spacial score (nSPS) is 44.0. The Labute approximate surface area is 129 Å². The summed E-state index contributed by atoms with van der Waals surface area (Å²) in [6, 6.07) is 0. The van der Waals surface area contributed by atoms with Crippen molar-refractivity contribution < 1.29 is 4.79 Å². The topological polar surface area (TPSA) is 55.1 Å². The molecule has 0 aromatic carbocycles. The Morgan fingerprint density at radius 2 is 1.76 bits per heavy atom. The molecule has 0 spiro atoms. The molecule has 3 heteroatoms. The van der Waals surface area contributed by atoms with Crippen LogP contribution in [0.25, 0.3) is 0 Å². The zero-order chi connectivity index (χ0) is 15.1. The van der Waals surface area contributed by atoms with Crippen molar-refractivity contribution in [2.75, 3.05) is 13.1 Å². The molecule has 4 saturated carbocycles. The lowest BCUT2D eigenvalue weighted by atomic mass is 9.40. The highest BCUT2D eigenvalue weighted by molar-refractivity contribution is 5.76. The predicted molar refractivity (Wildman–Crippen MR) is 85.8 cm³/mol. The zero-order valence-electron chi connectivity index (χ0n) is 13.8. The molecule has 4 aliphatic carbocycles. The van der Waals surface area contributed by atoms with Crippen LogP contribution in [-0.4, -0.2) is 19.0 Å². The lowest BCUT2D eigenvalue weighted by Gasteiger charge is -2.65. The van der Waals surface area contributed by atoms with E-state index >= 15 is 0 Å². The minimum Gasteiger partial charge on any atom is -0.356 e. The number of amides is 1. The van der Waals surface area contributed by atoms with Gasteiger partial charge in [0, 0.05) is 13.0 Å². The van der Waals surface area contributed by atoms with E-state index in [1.807, 2.05) is 0 Å². The third-order valence-electron chi connectivity index (χ3n) is 6.23. The Morgan fingerprint density at radius 3 is 2.33 bits per heavy atom. The van der Waals surface area contributed by atoms with Crippen molar-refractivity contribution in [2.45, 2.75) is 71.6 Å². The number of nitrogens with two attached hydrogens (primary N) is 1. The molecule has 4 fully saturated rings. The molecule has 2 atom stereocenters. The molecule has 0 aliphatic heterocycles. The van der Waals surface area contributed by atoms with Crippen molar-refractivity contribution in [1.82, 2.24) is 5.32 Å². The summed E-state index contributed by atoms with van der Waals surface area (Å²) in [6.07, 6.45) is 10.8. The van der Waals surface area contributed by atoms with E-state index in [4.69, 9.17) is 5.73 Å². The summed E-state index contributed by atoms with van der Waals surface area (Å²) in [7, 11) is 0. The maximum atomic E-state index is 12.4. The highest BCUT2D eigenvalue weighted by Gasteiger charge is 2.60. The molecule has 4 bridgehead atoms. The van der Waals surface area contributed by atoms with Crippen LogP contribution in [0.3, 0.4) is 0 Å². The quantitative estimate of drug-likeness (QED) is 0.738. The van der Waals surface area contributed by atoms with Gasteiger partial charge in [-0.1, -0.05) is 13.8 Å². The van der Waals surface area contributed by atoms with Gasteiger partial charge in [0.05, 0.1) is 0 Å². The first-order valence-corrected chi connectivity index (χ1v) is 8.83. The Bertz CT molecular complexity index is 401. The summed E-state index contributed by atoms with van der Waals surface area (Å²) >= 11 is 0. The van der Waals surface area contributed by atoms with Crippen molar-refractivity contribution in [3.63, 3.8) is 0 Å². The van der Waals surface area contributed by atoms with E-state index in [2.05, 4.69) is 19.2 Å². The lowest BCUT2D eigenvalue weighted by molar-refractivity contribution is -0.156. The van der Waals surface area contributed by atoms with Gasteiger partial charge in [0.25, 0.3) is 0 Å². The molecule has 0 heterocycles. The number of nitrogens with one attached hydrogen (secondary N) is 1. The van der Waals surface area contributed by atoms with Crippen molar-refractivity contribution in [3.05, 3.63) is 0 Å². The molecule has 3 N–H and O–H groups in total. The van der Waals surface area contributed by atoms with Crippen molar-refractivity contribution in [2.24, 2.45) is 27.9 Å². The van der Waals surface area contributed by atoms with Crippen LogP contribution in [0.5, 0.6) is 0 Å². The highest BCUT2D eigenvalue weighted by atomic mass is 16.1. The molecule has 0 radical (unpaired) electrons. The summed E-state index contributed by atoms with van der Waals surface area (Å²) in [6.45, 7) is 6.47. The van der Waals surface area contributed by atoms with Gasteiger partial charge in [0.2, 0.25) is 5.91 Å². The molecule has 21 heavy (non-hydrogen) atoms. The molecular formula is C18H32N2O. The van der Waals surface area contributed by atoms with Gasteiger partial charge in [0.15, 0.2) is 0 Å². The summed E-state index contributed by atoms with van der Waals surface area (Å²) in [5.74, 6) is 1.16. The van der Waals surface area contributed by atoms with Crippen LogP contribution in [0.15, 0.2) is 0 Å². The predicted octanol–water partition coefficient (Wildman–Crippen LogP) is 3.23. The van der Waals surface area contributed by atoms with E-state index in [1.54, 1.807) is 0 Å². The Kier molecular flexibility index (Phi) is 3.84. The number of hydrogen-bond donors (Lipinski definition) is 2. The van der Waals surface area contributed by atoms with E-state index in [0.717, 1.165) is 38.3 Å². The number of hydrogen-bond acceptors (Lipinski definition) is 2. The molecule has 4 rings (SSSR count). The van der Waals surface area contributed by atoms with Crippen LogP contribution >= 0.6 is 0 Å².